The van der Waals surface area contributed by atoms with Gasteiger partial charge in [-0.15, -0.1) is 0 Å². The van der Waals surface area contributed by atoms with E-state index in [1.807, 2.05) is 0 Å². The predicted molar refractivity (Wildman–Crippen MR) is 52.1 cm³/mol. The predicted octanol–water partition coefficient (Wildman–Crippen LogP) is 3.18. The second-order valence-electron chi connectivity index (χ2n) is 3.83. The molecule has 0 saturated heterocycles. The molecule has 23 heavy (non-hydrogen) atoms. The van der Waals surface area contributed by atoms with Gasteiger partial charge >= 0.3 is 27.9 Å². The van der Waals surface area contributed by atoms with E-state index in [0.29, 0.717) is 0 Å². The molecule has 0 aliphatic carbocycles. The zero-order valence-electron chi connectivity index (χ0n) is 10.3. The molecular weight excluding hydrogens is 387 g/mol. The summed E-state index contributed by atoms with van der Waals surface area (Å²) in [6.45, 7) is 0. The Morgan fingerprint density at radius 1 is 0.783 bits per heavy atom. The first kappa shape index (κ1) is 24.4. The third kappa shape index (κ3) is 4.14. The molecule has 0 heterocycles. The number of alkyl halides is 11. The lowest BCUT2D eigenvalue weighted by Gasteiger charge is -2.35. The molecule has 0 rings (SSSR count). The molecule has 3 atom stereocenters. The van der Waals surface area contributed by atoms with Gasteiger partial charge in [-0.2, -0.15) is 34.8 Å². The molecule has 0 aromatic rings. The molecule has 4 nitrogen and oxygen atoms in total. The second kappa shape index (κ2) is 6.92. The van der Waals surface area contributed by atoms with Gasteiger partial charge in [-0.1, -0.05) is 0 Å². The minimum Gasteiger partial charge on any atom is -0.344 e. The highest BCUT2D eigenvalue weighted by molar-refractivity contribution is 7.86. The molecule has 0 aromatic heterocycles. The summed E-state index contributed by atoms with van der Waals surface area (Å²) in [5.41, 5.74) is -5.35. The van der Waals surface area contributed by atoms with Crippen molar-refractivity contribution in [2.24, 2.45) is 0 Å². The maximum Gasteiger partial charge on any atom is 0.379 e. The fourth-order valence-electron chi connectivity index (χ4n) is 1.05. The van der Waals surface area contributed by atoms with Gasteiger partial charge in [0.25, 0.3) is 11.9 Å². The summed E-state index contributed by atoms with van der Waals surface area (Å²) >= 11 is 0. The highest BCUT2D eigenvalue weighted by Gasteiger charge is 2.80. The van der Waals surface area contributed by atoms with Crippen LogP contribution < -0.4 is 6.15 Å². The molecule has 142 valence electrons. The van der Waals surface area contributed by atoms with Crippen LogP contribution >= 0.6 is 0 Å². The van der Waals surface area contributed by atoms with E-state index in [9.17, 15) is 56.7 Å². The van der Waals surface area contributed by atoms with Crippen molar-refractivity contribution in [2.45, 2.75) is 42.0 Å². The van der Waals surface area contributed by atoms with E-state index in [-0.39, 0.29) is 6.15 Å². The third-order valence-electron chi connectivity index (χ3n) is 2.25. The van der Waals surface area contributed by atoms with Crippen molar-refractivity contribution in [2.75, 3.05) is 0 Å². The van der Waals surface area contributed by atoms with Crippen molar-refractivity contribution in [3.05, 3.63) is 0 Å². The van der Waals surface area contributed by atoms with Crippen LogP contribution in [-0.4, -0.2) is 55.0 Å². The fraction of sp³-hybridized carbons (Fsp3) is 1.00. The average molecular weight is 395 g/mol. The first-order chi connectivity index (χ1) is 9.42. The molecule has 16 heteroatoms. The molecule has 0 amide bonds. The first-order valence-corrected chi connectivity index (χ1v) is 6.22. The van der Waals surface area contributed by atoms with E-state index >= 15 is 0 Å². The van der Waals surface area contributed by atoms with Crippen LogP contribution in [0.2, 0.25) is 0 Å². The minimum absolute atomic E-state index is 0. The first-order valence-electron chi connectivity index (χ1n) is 4.72. The van der Waals surface area contributed by atoms with Gasteiger partial charge < -0.3 is 6.15 Å². The van der Waals surface area contributed by atoms with E-state index in [1.165, 1.54) is 0 Å². The van der Waals surface area contributed by atoms with Crippen LogP contribution in [-0.2, 0) is 10.1 Å². The lowest BCUT2D eigenvalue weighted by atomic mass is 9.98. The number of halogens is 11. The summed E-state index contributed by atoms with van der Waals surface area (Å²) in [7, 11) is -6.66. The number of hydrogen-bond donors (Lipinski definition) is 2. The summed E-state index contributed by atoms with van der Waals surface area (Å²) in [5, 5.41) is 0. The molecule has 0 spiro atoms. The van der Waals surface area contributed by atoms with Gasteiger partial charge in [0.2, 0.25) is 6.17 Å². The van der Waals surface area contributed by atoms with Crippen molar-refractivity contribution >= 4 is 10.1 Å². The zero-order chi connectivity index (χ0) is 18.3. The van der Waals surface area contributed by atoms with Crippen LogP contribution in [0.15, 0.2) is 0 Å². The SMILES string of the molecule is N.O=S(=O)(O)C(F)C(F)(F)C(F)(F)C(F)(F)C(F)C(F)C(F)F. The Bertz CT molecular complexity index is 496. The van der Waals surface area contributed by atoms with E-state index < -0.39 is 52.2 Å². The van der Waals surface area contributed by atoms with Crippen molar-refractivity contribution in [3.8, 4) is 0 Å². The Balaban J connectivity index is 0. The van der Waals surface area contributed by atoms with Gasteiger partial charge in [0.1, 0.15) is 0 Å². The van der Waals surface area contributed by atoms with Gasteiger partial charge in [-0.25, -0.2) is 22.0 Å². The lowest BCUT2D eigenvalue weighted by molar-refractivity contribution is -0.338. The van der Waals surface area contributed by atoms with Crippen LogP contribution in [0, 0.1) is 0 Å². The standard InChI is InChI=1S/C7H5F11O3S.H3N/c8-1(3(10)11)2(9)5(13,14)7(17,18)6(15,16)4(12)22(19,20)21;/h1-4H,(H,19,20,21);1H3. The van der Waals surface area contributed by atoms with Crippen LogP contribution in [0.1, 0.15) is 0 Å². The summed E-state index contributed by atoms with van der Waals surface area (Å²) in [4.78, 5) is 0. The van der Waals surface area contributed by atoms with Gasteiger partial charge in [-0.3, -0.25) is 4.55 Å². The van der Waals surface area contributed by atoms with Gasteiger partial charge in [-0.05, 0) is 0 Å². The van der Waals surface area contributed by atoms with Crippen LogP contribution in [0.5, 0.6) is 0 Å². The van der Waals surface area contributed by atoms with Crippen molar-refractivity contribution in [1.29, 1.82) is 0 Å². The van der Waals surface area contributed by atoms with E-state index in [0.717, 1.165) is 0 Å². The quantitative estimate of drug-likeness (QED) is 0.512. The molecule has 0 saturated carbocycles. The number of rotatable bonds is 7. The Kier molecular flexibility index (Phi) is 7.33. The average Bonchev–Trinajstić information content (AvgIpc) is 2.33. The van der Waals surface area contributed by atoms with Gasteiger partial charge in [0, 0.05) is 0 Å². The molecule has 0 aliphatic rings. The Morgan fingerprint density at radius 2 is 1.13 bits per heavy atom. The van der Waals surface area contributed by atoms with E-state index in [1.54, 1.807) is 0 Å². The third-order valence-corrected chi connectivity index (χ3v) is 3.07. The Labute approximate surface area is 121 Å². The van der Waals surface area contributed by atoms with Crippen molar-refractivity contribution < 1.29 is 61.3 Å². The highest BCUT2D eigenvalue weighted by Crippen LogP contribution is 2.52. The number of hydrogen-bond acceptors (Lipinski definition) is 3. The monoisotopic (exact) mass is 395 g/mol. The van der Waals surface area contributed by atoms with E-state index in [4.69, 9.17) is 4.55 Å². The van der Waals surface area contributed by atoms with Crippen molar-refractivity contribution in [3.63, 3.8) is 0 Å². The smallest absolute Gasteiger partial charge is 0.344 e. The van der Waals surface area contributed by atoms with Gasteiger partial charge in [0.05, 0.1) is 0 Å². The molecular formula is C7H8F11NO3S. The minimum atomic E-state index is -7.27. The molecule has 4 N–H and O–H groups in total. The maximum atomic E-state index is 12.9. The Hall–Kier alpha value is -0.900. The van der Waals surface area contributed by atoms with Crippen LogP contribution in [0.25, 0.3) is 0 Å². The second-order valence-corrected chi connectivity index (χ2v) is 5.28. The molecule has 3 unspecified atom stereocenters. The summed E-state index contributed by atoms with van der Waals surface area (Å²) in [6.07, 6.45) is -14.5. The highest BCUT2D eigenvalue weighted by atomic mass is 32.2. The summed E-state index contributed by atoms with van der Waals surface area (Å²) in [5.74, 6) is -21.2. The molecule has 0 aliphatic heterocycles. The Morgan fingerprint density at radius 3 is 1.39 bits per heavy atom. The molecule has 0 bridgehead atoms. The molecule has 0 radical (unpaired) electrons. The molecule has 0 fully saturated rings. The lowest BCUT2D eigenvalue weighted by Crippen LogP contribution is -2.64. The largest absolute Gasteiger partial charge is 0.379 e. The summed E-state index contributed by atoms with van der Waals surface area (Å²) in [6, 6.07) is 0. The van der Waals surface area contributed by atoms with Crippen LogP contribution in [0.3, 0.4) is 0 Å². The normalized spacial score (nSPS) is 18.3. The van der Waals surface area contributed by atoms with Crippen LogP contribution in [0.4, 0.5) is 48.3 Å². The topological polar surface area (TPSA) is 89.4 Å². The summed E-state index contributed by atoms with van der Waals surface area (Å²) < 4.78 is 166. The fourth-order valence-corrected chi connectivity index (χ4v) is 1.57. The van der Waals surface area contributed by atoms with Crippen molar-refractivity contribution in [1.82, 2.24) is 6.15 Å². The van der Waals surface area contributed by atoms with Gasteiger partial charge in [0.15, 0.2) is 6.17 Å². The maximum absolute atomic E-state index is 12.9. The molecule has 0 aromatic carbocycles. The van der Waals surface area contributed by atoms with E-state index in [2.05, 4.69) is 0 Å². The zero-order valence-corrected chi connectivity index (χ0v) is 11.2.